The Balaban J connectivity index is 2.26. The third-order valence-corrected chi connectivity index (χ3v) is 3.92. The fraction of sp³-hybridized carbons (Fsp3) is 0.562. The maximum absolute atomic E-state index is 6.09. The highest BCUT2D eigenvalue weighted by Crippen LogP contribution is 2.21. The van der Waals surface area contributed by atoms with Crippen LogP contribution in [0.2, 0.25) is 0 Å². The van der Waals surface area contributed by atoms with Crippen molar-refractivity contribution >= 4 is 17.0 Å². The van der Waals surface area contributed by atoms with E-state index in [9.17, 15) is 0 Å². The van der Waals surface area contributed by atoms with E-state index in [4.69, 9.17) is 5.73 Å². The number of fused-ring (bicyclic) bond motifs is 1. The Bertz CT molecular complexity index is 575. The van der Waals surface area contributed by atoms with Crippen molar-refractivity contribution in [3.8, 4) is 0 Å². The predicted octanol–water partition coefficient (Wildman–Crippen LogP) is 3.05. The number of nitrogens with zero attached hydrogens (tertiary/aromatic N) is 3. The lowest BCUT2D eigenvalue weighted by molar-refractivity contribution is 0.169. The van der Waals surface area contributed by atoms with Crippen LogP contribution in [0, 0.1) is 6.92 Å². The molecular formula is C16H26N4. The van der Waals surface area contributed by atoms with Gasteiger partial charge in [0.05, 0.1) is 11.0 Å². The van der Waals surface area contributed by atoms with E-state index in [1.807, 2.05) is 0 Å². The Kier molecular flexibility index (Phi) is 4.33. The molecule has 0 aliphatic heterocycles. The van der Waals surface area contributed by atoms with E-state index in [1.165, 1.54) is 5.56 Å². The number of hydrogen-bond acceptors (Lipinski definition) is 3. The van der Waals surface area contributed by atoms with Crippen LogP contribution >= 0.6 is 0 Å². The number of benzene rings is 1. The molecule has 1 heterocycles. The Morgan fingerprint density at radius 2 is 1.85 bits per heavy atom. The number of rotatable bonds is 5. The van der Waals surface area contributed by atoms with Crippen LogP contribution in [0.5, 0.6) is 0 Å². The first-order valence-electron chi connectivity index (χ1n) is 7.39. The molecule has 2 rings (SSSR count). The summed E-state index contributed by atoms with van der Waals surface area (Å²) in [5, 5.41) is 0. The van der Waals surface area contributed by atoms with Crippen molar-refractivity contribution in [1.82, 2.24) is 14.5 Å². The number of anilines is 1. The number of nitrogen functional groups attached to an aromatic ring is 1. The quantitative estimate of drug-likeness (QED) is 0.911. The molecule has 2 aromatic rings. The number of aromatic nitrogens is 2. The van der Waals surface area contributed by atoms with Crippen molar-refractivity contribution in [2.24, 2.45) is 0 Å². The van der Waals surface area contributed by atoms with Crippen LogP contribution in [0.4, 0.5) is 5.95 Å². The molecule has 0 saturated carbocycles. The van der Waals surface area contributed by atoms with Crippen LogP contribution in [-0.4, -0.2) is 33.1 Å². The molecule has 1 aromatic heterocycles. The Labute approximate surface area is 121 Å². The predicted molar refractivity (Wildman–Crippen MR) is 85.9 cm³/mol. The monoisotopic (exact) mass is 274 g/mol. The highest BCUT2D eigenvalue weighted by atomic mass is 15.2. The maximum atomic E-state index is 6.09. The molecule has 2 N–H and O–H groups in total. The summed E-state index contributed by atoms with van der Waals surface area (Å²) in [5.74, 6) is 0.613. The molecule has 0 aliphatic rings. The zero-order valence-corrected chi connectivity index (χ0v) is 13.2. The molecule has 4 nitrogen and oxygen atoms in total. The molecule has 0 atom stereocenters. The van der Waals surface area contributed by atoms with Gasteiger partial charge < -0.3 is 10.3 Å². The van der Waals surface area contributed by atoms with Gasteiger partial charge in [-0.15, -0.1) is 0 Å². The van der Waals surface area contributed by atoms with Gasteiger partial charge in [-0.2, -0.15) is 0 Å². The van der Waals surface area contributed by atoms with Gasteiger partial charge in [-0.25, -0.2) is 4.98 Å². The van der Waals surface area contributed by atoms with Crippen molar-refractivity contribution in [3.63, 3.8) is 0 Å². The average molecular weight is 274 g/mol. The Hall–Kier alpha value is -1.55. The fourth-order valence-corrected chi connectivity index (χ4v) is 2.87. The second-order valence-electron chi connectivity index (χ2n) is 5.99. The molecule has 0 aliphatic carbocycles. The van der Waals surface area contributed by atoms with E-state index in [0.29, 0.717) is 18.0 Å². The summed E-state index contributed by atoms with van der Waals surface area (Å²) in [6.45, 7) is 12.9. The average Bonchev–Trinajstić information content (AvgIpc) is 2.67. The molecule has 0 bridgehead atoms. The van der Waals surface area contributed by atoms with Gasteiger partial charge in [-0.1, -0.05) is 12.1 Å². The van der Waals surface area contributed by atoms with Crippen LogP contribution < -0.4 is 5.73 Å². The first kappa shape index (κ1) is 14.9. The van der Waals surface area contributed by atoms with Gasteiger partial charge in [-0.3, -0.25) is 4.90 Å². The normalized spacial score (nSPS) is 12.2. The third kappa shape index (κ3) is 2.80. The smallest absolute Gasteiger partial charge is 0.201 e. The van der Waals surface area contributed by atoms with Crippen molar-refractivity contribution in [2.45, 2.75) is 53.2 Å². The molecule has 0 radical (unpaired) electrons. The van der Waals surface area contributed by atoms with Crippen LogP contribution in [0.1, 0.15) is 33.3 Å². The van der Waals surface area contributed by atoms with Gasteiger partial charge >= 0.3 is 0 Å². The first-order chi connectivity index (χ1) is 9.41. The van der Waals surface area contributed by atoms with Gasteiger partial charge in [0, 0.05) is 25.2 Å². The summed E-state index contributed by atoms with van der Waals surface area (Å²) in [6.07, 6.45) is 0. The molecule has 0 fully saturated rings. The molecule has 20 heavy (non-hydrogen) atoms. The summed E-state index contributed by atoms with van der Waals surface area (Å²) in [4.78, 5) is 6.98. The van der Waals surface area contributed by atoms with Crippen molar-refractivity contribution in [3.05, 3.63) is 23.8 Å². The largest absolute Gasteiger partial charge is 0.369 e. The molecule has 4 heteroatoms. The number of imidazole rings is 1. The van der Waals surface area contributed by atoms with Crippen molar-refractivity contribution in [2.75, 3.05) is 12.3 Å². The van der Waals surface area contributed by atoms with Gasteiger partial charge in [0.25, 0.3) is 0 Å². The minimum Gasteiger partial charge on any atom is -0.369 e. The minimum absolute atomic E-state index is 0.535. The molecule has 0 unspecified atom stereocenters. The summed E-state index contributed by atoms with van der Waals surface area (Å²) >= 11 is 0. The number of hydrogen-bond donors (Lipinski definition) is 1. The van der Waals surface area contributed by atoms with Crippen molar-refractivity contribution in [1.29, 1.82) is 0 Å². The minimum atomic E-state index is 0.535. The summed E-state index contributed by atoms with van der Waals surface area (Å²) in [5.41, 5.74) is 9.43. The standard InChI is InChI=1S/C16H26N4/c1-11(2)19(12(3)4)9-10-20-14-8-6-7-13(5)15(14)18-16(20)17/h6-8,11-12H,9-10H2,1-5H3,(H2,17,18). The number of para-hydroxylation sites is 1. The van der Waals surface area contributed by atoms with Gasteiger partial charge in [-0.05, 0) is 46.2 Å². The lowest BCUT2D eigenvalue weighted by atomic mass is 10.2. The number of nitrogens with two attached hydrogens (primary N) is 1. The van der Waals surface area contributed by atoms with Crippen molar-refractivity contribution < 1.29 is 0 Å². The molecule has 1 aromatic carbocycles. The Morgan fingerprint density at radius 3 is 2.45 bits per heavy atom. The lowest BCUT2D eigenvalue weighted by Crippen LogP contribution is -2.39. The van der Waals surface area contributed by atoms with Gasteiger partial charge in [0.15, 0.2) is 0 Å². The highest BCUT2D eigenvalue weighted by molar-refractivity contribution is 5.81. The Morgan fingerprint density at radius 1 is 1.20 bits per heavy atom. The van der Waals surface area contributed by atoms with E-state index in [-0.39, 0.29) is 0 Å². The SMILES string of the molecule is Cc1cccc2c1nc(N)n2CCN(C(C)C)C(C)C. The summed E-state index contributed by atoms with van der Waals surface area (Å²) < 4.78 is 2.13. The van der Waals surface area contributed by atoms with Crippen LogP contribution in [0.3, 0.4) is 0 Å². The van der Waals surface area contributed by atoms with E-state index in [2.05, 4.69) is 67.3 Å². The maximum Gasteiger partial charge on any atom is 0.201 e. The zero-order valence-electron chi connectivity index (χ0n) is 13.2. The van der Waals surface area contributed by atoms with Gasteiger partial charge in [0.1, 0.15) is 0 Å². The highest BCUT2D eigenvalue weighted by Gasteiger charge is 2.15. The summed E-state index contributed by atoms with van der Waals surface area (Å²) in [6, 6.07) is 7.31. The van der Waals surface area contributed by atoms with Crippen LogP contribution in [0.25, 0.3) is 11.0 Å². The van der Waals surface area contributed by atoms with Gasteiger partial charge in [0.2, 0.25) is 5.95 Å². The second kappa shape index (κ2) is 5.83. The van der Waals surface area contributed by atoms with E-state index in [0.717, 1.165) is 24.1 Å². The van der Waals surface area contributed by atoms with Crippen LogP contribution in [0.15, 0.2) is 18.2 Å². The fourth-order valence-electron chi connectivity index (χ4n) is 2.87. The summed E-state index contributed by atoms with van der Waals surface area (Å²) in [7, 11) is 0. The molecule has 110 valence electrons. The second-order valence-corrected chi connectivity index (χ2v) is 5.99. The van der Waals surface area contributed by atoms with E-state index >= 15 is 0 Å². The van der Waals surface area contributed by atoms with Crippen LogP contribution in [-0.2, 0) is 6.54 Å². The molecule has 0 amide bonds. The molecule has 0 spiro atoms. The third-order valence-electron chi connectivity index (χ3n) is 3.92. The first-order valence-corrected chi connectivity index (χ1v) is 7.39. The van der Waals surface area contributed by atoms with E-state index < -0.39 is 0 Å². The number of aryl methyl sites for hydroxylation is 1. The topological polar surface area (TPSA) is 47.1 Å². The molecule has 0 saturated heterocycles. The zero-order chi connectivity index (χ0) is 14.9. The molecular weight excluding hydrogens is 248 g/mol. The van der Waals surface area contributed by atoms with E-state index in [1.54, 1.807) is 0 Å². The lowest BCUT2D eigenvalue weighted by Gasteiger charge is -2.30.